The summed E-state index contributed by atoms with van der Waals surface area (Å²) in [6.45, 7) is 8.52. The van der Waals surface area contributed by atoms with Crippen molar-refractivity contribution in [3.63, 3.8) is 0 Å². The summed E-state index contributed by atoms with van der Waals surface area (Å²) in [5.41, 5.74) is 0. The lowest BCUT2D eigenvalue weighted by Gasteiger charge is -2.36. The molecule has 0 amide bonds. The maximum Gasteiger partial charge on any atom is 0.163 e. The van der Waals surface area contributed by atoms with Gasteiger partial charge < -0.3 is 18.9 Å². The number of hydrogen-bond donors (Lipinski definition) is 0. The Bertz CT molecular complexity index is 239. The van der Waals surface area contributed by atoms with E-state index in [1.807, 2.05) is 13.8 Å². The molecular formula is C11H18O4. The molecule has 86 valence electrons. The van der Waals surface area contributed by atoms with Crippen LogP contribution in [-0.2, 0) is 18.9 Å². The van der Waals surface area contributed by atoms with Crippen LogP contribution in [0, 0.1) is 0 Å². The zero-order valence-corrected chi connectivity index (χ0v) is 9.27. The quantitative estimate of drug-likeness (QED) is 0.666. The Balaban J connectivity index is 1.87. The van der Waals surface area contributed by atoms with E-state index in [0.717, 1.165) is 6.42 Å². The summed E-state index contributed by atoms with van der Waals surface area (Å²) >= 11 is 0. The number of fused-ring (bicyclic) bond motifs is 1. The van der Waals surface area contributed by atoms with Crippen molar-refractivity contribution in [1.82, 2.24) is 0 Å². The fourth-order valence-electron chi connectivity index (χ4n) is 1.91. The summed E-state index contributed by atoms with van der Waals surface area (Å²) in [6, 6.07) is 0. The minimum Gasteiger partial charge on any atom is -0.349 e. The lowest BCUT2D eigenvalue weighted by atomic mass is 10.1. The van der Waals surface area contributed by atoms with Crippen LogP contribution >= 0.6 is 0 Å². The molecule has 0 aromatic carbocycles. The van der Waals surface area contributed by atoms with Crippen LogP contribution in [0.25, 0.3) is 0 Å². The minimum absolute atomic E-state index is 0.00726. The molecule has 3 atom stereocenters. The van der Waals surface area contributed by atoms with E-state index in [0.29, 0.717) is 13.2 Å². The molecule has 0 aromatic rings. The third kappa shape index (κ3) is 2.58. The van der Waals surface area contributed by atoms with Crippen molar-refractivity contribution in [2.45, 2.75) is 44.6 Å². The summed E-state index contributed by atoms with van der Waals surface area (Å²) in [6.07, 6.45) is 2.39. The maximum atomic E-state index is 5.75. The molecule has 4 heteroatoms. The molecule has 2 aliphatic rings. The first-order valence-corrected chi connectivity index (χ1v) is 5.30. The first-order valence-electron chi connectivity index (χ1n) is 5.30. The standard InChI is InChI=1S/C11H18O4/c1-4-5-12-10-6-8-9(14-10)7-13-11(2,3)15-8/h4,8-10H,1,5-7H2,2-3H3/t8-,9+,10?/m0/s1. The Morgan fingerprint density at radius 1 is 1.47 bits per heavy atom. The molecule has 0 bridgehead atoms. The smallest absolute Gasteiger partial charge is 0.163 e. The Labute approximate surface area is 90.1 Å². The van der Waals surface area contributed by atoms with Crippen LogP contribution in [0.3, 0.4) is 0 Å². The van der Waals surface area contributed by atoms with Crippen LogP contribution in [-0.4, -0.2) is 37.5 Å². The van der Waals surface area contributed by atoms with Crippen molar-refractivity contribution in [1.29, 1.82) is 0 Å². The molecule has 0 aromatic heterocycles. The molecule has 2 saturated heterocycles. The average Bonchev–Trinajstić information content (AvgIpc) is 2.55. The fourth-order valence-corrected chi connectivity index (χ4v) is 1.91. The SMILES string of the molecule is C=CCOC1C[C@@H]2OC(C)(C)OC[C@H]2O1. The monoisotopic (exact) mass is 214 g/mol. The first-order chi connectivity index (χ1) is 7.11. The molecule has 0 aliphatic carbocycles. The van der Waals surface area contributed by atoms with Gasteiger partial charge in [0.25, 0.3) is 0 Å². The van der Waals surface area contributed by atoms with Gasteiger partial charge in [0, 0.05) is 6.42 Å². The lowest BCUT2D eigenvalue weighted by molar-refractivity contribution is -0.295. The van der Waals surface area contributed by atoms with Crippen LogP contribution in [0.4, 0.5) is 0 Å². The summed E-state index contributed by atoms with van der Waals surface area (Å²) in [4.78, 5) is 0. The van der Waals surface area contributed by atoms with Crippen LogP contribution < -0.4 is 0 Å². The van der Waals surface area contributed by atoms with Gasteiger partial charge >= 0.3 is 0 Å². The highest BCUT2D eigenvalue weighted by molar-refractivity contribution is 4.85. The summed E-state index contributed by atoms with van der Waals surface area (Å²) in [5, 5.41) is 0. The summed E-state index contributed by atoms with van der Waals surface area (Å²) in [7, 11) is 0. The van der Waals surface area contributed by atoms with Gasteiger partial charge in [0.2, 0.25) is 0 Å². The van der Waals surface area contributed by atoms with Crippen molar-refractivity contribution < 1.29 is 18.9 Å². The summed E-state index contributed by atoms with van der Waals surface area (Å²) < 4.78 is 22.3. The second-order valence-electron chi connectivity index (χ2n) is 4.33. The maximum absolute atomic E-state index is 5.75. The molecule has 0 spiro atoms. The molecule has 1 unspecified atom stereocenters. The molecule has 0 N–H and O–H groups in total. The van der Waals surface area contributed by atoms with Crippen molar-refractivity contribution >= 4 is 0 Å². The topological polar surface area (TPSA) is 36.9 Å². The predicted molar refractivity (Wildman–Crippen MR) is 54.3 cm³/mol. The minimum atomic E-state index is -0.502. The molecule has 15 heavy (non-hydrogen) atoms. The van der Waals surface area contributed by atoms with Crippen molar-refractivity contribution in [3.8, 4) is 0 Å². The van der Waals surface area contributed by atoms with E-state index in [4.69, 9.17) is 18.9 Å². The molecule has 0 saturated carbocycles. The van der Waals surface area contributed by atoms with Crippen molar-refractivity contribution in [2.24, 2.45) is 0 Å². The van der Waals surface area contributed by atoms with E-state index < -0.39 is 5.79 Å². The van der Waals surface area contributed by atoms with E-state index in [1.54, 1.807) is 6.08 Å². The van der Waals surface area contributed by atoms with Crippen molar-refractivity contribution in [3.05, 3.63) is 12.7 Å². The second kappa shape index (κ2) is 4.22. The van der Waals surface area contributed by atoms with Gasteiger partial charge in [-0.3, -0.25) is 0 Å². The molecular weight excluding hydrogens is 196 g/mol. The van der Waals surface area contributed by atoms with Gasteiger partial charge in [-0.2, -0.15) is 0 Å². The van der Waals surface area contributed by atoms with Gasteiger partial charge in [-0.15, -0.1) is 6.58 Å². The van der Waals surface area contributed by atoms with Crippen LogP contribution in [0.2, 0.25) is 0 Å². The predicted octanol–water partition coefficient (Wildman–Crippen LogP) is 1.46. The van der Waals surface area contributed by atoms with E-state index in [9.17, 15) is 0 Å². The third-order valence-electron chi connectivity index (χ3n) is 2.60. The zero-order valence-electron chi connectivity index (χ0n) is 9.27. The largest absolute Gasteiger partial charge is 0.349 e. The van der Waals surface area contributed by atoms with Crippen LogP contribution in [0.1, 0.15) is 20.3 Å². The number of hydrogen-bond acceptors (Lipinski definition) is 4. The van der Waals surface area contributed by atoms with Crippen LogP contribution in [0.5, 0.6) is 0 Å². The Kier molecular flexibility index (Phi) is 3.11. The van der Waals surface area contributed by atoms with Gasteiger partial charge in [0.05, 0.1) is 19.3 Å². The first kappa shape index (κ1) is 11.1. The third-order valence-corrected chi connectivity index (χ3v) is 2.60. The lowest BCUT2D eigenvalue weighted by Crippen LogP contribution is -2.46. The van der Waals surface area contributed by atoms with Gasteiger partial charge in [0.1, 0.15) is 6.10 Å². The van der Waals surface area contributed by atoms with E-state index in [-0.39, 0.29) is 18.5 Å². The fraction of sp³-hybridized carbons (Fsp3) is 0.818. The molecule has 2 heterocycles. The molecule has 2 rings (SSSR count). The zero-order chi connectivity index (χ0) is 10.9. The van der Waals surface area contributed by atoms with E-state index >= 15 is 0 Å². The van der Waals surface area contributed by atoms with Gasteiger partial charge in [-0.05, 0) is 13.8 Å². The Morgan fingerprint density at radius 3 is 3.00 bits per heavy atom. The molecule has 0 radical (unpaired) electrons. The normalized spacial score (nSPS) is 38.7. The average molecular weight is 214 g/mol. The van der Waals surface area contributed by atoms with Crippen molar-refractivity contribution in [2.75, 3.05) is 13.2 Å². The highest BCUT2D eigenvalue weighted by Gasteiger charge is 2.44. The number of ether oxygens (including phenoxy) is 4. The van der Waals surface area contributed by atoms with E-state index in [2.05, 4.69) is 6.58 Å². The Hall–Kier alpha value is -0.420. The van der Waals surface area contributed by atoms with E-state index in [1.165, 1.54) is 0 Å². The Morgan fingerprint density at radius 2 is 2.27 bits per heavy atom. The van der Waals surface area contributed by atoms with Crippen LogP contribution in [0.15, 0.2) is 12.7 Å². The van der Waals surface area contributed by atoms with Gasteiger partial charge in [-0.25, -0.2) is 0 Å². The second-order valence-corrected chi connectivity index (χ2v) is 4.33. The van der Waals surface area contributed by atoms with Gasteiger partial charge in [-0.1, -0.05) is 6.08 Å². The number of rotatable bonds is 3. The highest BCUT2D eigenvalue weighted by Crippen LogP contribution is 2.33. The molecule has 2 aliphatic heterocycles. The van der Waals surface area contributed by atoms with Gasteiger partial charge in [0.15, 0.2) is 12.1 Å². The highest BCUT2D eigenvalue weighted by atomic mass is 16.8. The molecule has 4 nitrogen and oxygen atoms in total. The molecule has 2 fully saturated rings. The summed E-state index contributed by atoms with van der Waals surface area (Å²) in [5.74, 6) is -0.502.